The number of thiol groups is 1. The summed E-state index contributed by atoms with van der Waals surface area (Å²) in [6, 6.07) is 0. The fourth-order valence-corrected chi connectivity index (χ4v) is 2.90. The molecule has 10 atom stereocenters. The number of rotatable bonds is 4. The van der Waals surface area contributed by atoms with E-state index in [4.69, 9.17) is 19.3 Å². The Morgan fingerprint density at radius 2 is 1.35 bits per heavy atom. The fraction of sp³-hybridized carbons (Fsp3) is 1.00. The first-order chi connectivity index (χ1) is 10.8. The van der Waals surface area contributed by atoms with Crippen molar-refractivity contribution in [2.75, 3.05) is 13.2 Å². The highest BCUT2D eigenvalue weighted by Gasteiger charge is 2.49. The summed E-state index contributed by atoms with van der Waals surface area (Å²) < 4.78 is 15.7. The van der Waals surface area contributed by atoms with Gasteiger partial charge in [-0.25, -0.2) is 0 Å². The number of aliphatic hydroxyl groups is 7. The van der Waals surface area contributed by atoms with Crippen molar-refractivity contribution < 1.29 is 50.0 Å². The van der Waals surface area contributed by atoms with Crippen molar-refractivity contribution in [3.05, 3.63) is 0 Å². The summed E-state index contributed by atoms with van der Waals surface area (Å²) in [5, 5.41) is 67.6. The summed E-state index contributed by atoms with van der Waals surface area (Å²) in [7, 11) is 0. The molecule has 0 aromatic rings. The second-order valence-corrected chi connectivity index (χ2v) is 6.04. The van der Waals surface area contributed by atoms with E-state index >= 15 is 0 Å². The third kappa shape index (κ3) is 3.80. The van der Waals surface area contributed by atoms with Crippen molar-refractivity contribution in [3.8, 4) is 0 Å². The van der Waals surface area contributed by atoms with Gasteiger partial charge in [0, 0.05) is 0 Å². The Kier molecular flexibility index (Phi) is 6.61. The molecule has 10 nitrogen and oxygen atoms in total. The average Bonchev–Trinajstić information content (AvgIpc) is 2.55. The van der Waals surface area contributed by atoms with Crippen LogP contribution in [0.25, 0.3) is 0 Å². The van der Waals surface area contributed by atoms with E-state index in [2.05, 4.69) is 12.6 Å². The molecule has 2 heterocycles. The normalized spacial score (nSPS) is 51.7. The standard InChI is InChI=1S/C12H22O10S/c13-1-3-5(15)6(16)8(18)11(20-3)22-10-4(2-14)21-12(23)9(19)7(10)17/h3-19,23H,1-2H2/t3-,4-,5-,6-,7-,8-,9+,10+,11-,12+/m0/s1. The van der Waals surface area contributed by atoms with Crippen LogP contribution < -0.4 is 0 Å². The molecule has 2 fully saturated rings. The van der Waals surface area contributed by atoms with E-state index in [9.17, 15) is 30.6 Å². The summed E-state index contributed by atoms with van der Waals surface area (Å²) in [5.41, 5.74) is -1.04. The van der Waals surface area contributed by atoms with Crippen molar-refractivity contribution >= 4 is 12.6 Å². The molecule has 0 aliphatic carbocycles. The highest BCUT2D eigenvalue weighted by atomic mass is 32.1. The molecule has 0 radical (unpaired) electrons. The molecular weight excluding hydrogens is 336 g/mol. The monoisotopic (exact) mass is 358 g/mol. The lowest BCUT2D eigenvalue weighted by Crippen LogP contribution is -2.63. The van der Waals surface area contributed by atoms with Gasteiger partial charge in [-0.15, -0.1) is 12.6 Å². The topological polar surface area (TPSA) is 169 Å². The van der Waals surface area contributed by atoms with Crippen LogP contribution in [0.3, 0.4) is 0 Å². The van der Waals surface area contributed by atoms with Crippen molar-refractivity contribution in [1.29, 1.82) is 0 Å². The van der Waals surface area contributed by atoms with Crippen LogP contribution in [-0.2, 0) is 14.2 Å². The Balaban J connectivity index is 2.11. The highest BCUT2D eigenvalue weighted by molar-refractivity contribution is 7.80. The molecule has 0 aromatic carbocycles. The second-order valence-electron chi connectivity index (χ2n) is 5.53. The summed E-state index contributed by atoms with van der Waals surface area (Å²) in [5.74, 6) is 0. The van der Waals surface area contributed by atoms with Gasteiger partial charge >= 0.3 is 0 Å². The third-order valence-electron chi connectivity index (χ3n) is 3.98. The smallest absolute Gasteiger partial charge is 0.187 e. The van der Waals surface area contributed by atoms with E-state index in [-0.39, 0.29) is 0 Å². The molecule has 0 aromatic heterocycles. The molecule has 2 aliphatic heterocycles. The lowest BCUT2D eigenvalue weighted by Gasteiger charge is -2.45. The zero-order valence-corrected chi connectivity index (χ0v) is 12.9. The molecule has 2 saturated heterocycles. The van der Waals surface area contributed by atoms with Crippen LogP contribution in [0.4, 0.5) is 0 Å². The molecule has 2 aliphatic rings. The Hall–Kier alpha value is -0.0500. The number of ether oxygens (including phenoxy) is 3. The molecule has 11 heteroatoms. The van der Waals surface area contributed by atoms with Crippen LogP contribution in [0.2, 0.25) is 0 Å². The van der Waals surface area contributed by atoms with Gasteiger partial charge in [0.2, 0.25) is 0 Å². The molecule has 23 heavy (non-hydrogen) atoms. The lowest BCUT2D eigenvalue weighted by atomic mass is 9.97. The maximum absolute atomic E-state index is 10.1. The first-order valence-electron chi connectivity index (χ1n) is 7.08. The molecular formula is C12H22O10S. The van der Waals surface area contributed by atoms with Gasteiger partial charge in [-0.05, 0) is 0 Å². The molecule has 0 saturated carbocycles. The van der Waals surface area contributed by atoms with Crippen molar-refractivity contribution in [2.24, 2.45) is 0 Å². The van der Waals surface area contributed by atoms with Gasteiger partial charge in [0.05, 0.1) is 13.2 Å². The van der Waals surface area contributed by atoms with E-state index in [1.54, 1.807) is 0 Å². The van der Waals surface area contributed by atoms with Crippen LogP contribution >= 0.6 is 12.6 Å². The molecule has 7 N–H and O–H groups in total. The Labute approximate surface area is 137 Å². The zero-order valence-electron chi connectivity index (χ0n) is 12.0. The van der Waals surface area contributed by atoms with Gasteiger partial charge < -0.3 is 50.0 Å². The minimum absolute atomic E-state index is 0.567. The second kappa shape index (κ2) is 7.89. The van der Waals surface area contributed by atoms with Gasteiger partial charge in [-0.1, -0.05) is 0 Å². The summed E-state index contributed by atoms with van der Waals surface area (Å²) in [6.45, 7) is -1.21. The summed E-state index contributed by atoms with van der Waals surface area (Å²) in [6.07, 6.45) is -12.9. The first kappa shape index (κ1) is 19.3. The van der Waals surface area contributed by atoms with Gasteiger partial charge in [0.25, 0.3) is 0 Å². The maximum Gasteiger partial charge on any atom is 0.187 e. The molecule has 0 unspecified atom stereocenters. The Morgan fingerprint density at radius 3 is 1.91 bits per heavy atom. The lowest BCUT2D eigenvalue weighted by molar-refractivity contribution is -0.338. The Morgan fingerprint density at radius 1 is 0.739 bits per heavy atom. The van der Waals surface area contributed by atoms with E-state index in [0.29, 0.717) is 0 Å². The average molecular weight is 358 g/mol. The molecule has 2 rings (SSSR count). The quantitative estimate of drug-likeness (QED) is 0.229. The number of hydrogen-bond donors (Lipinski definition) is 8. The van der Waals surface area contributed by atoms with Crippen LogP contribution in [0, 0.1) is 0 Å². The molecule has 136 valence electrons. The van der Waals surface area contributed by atoms with Gasteiger partial charge in [0.1, 0.15) is 54.3 Å². The number of aliphatic hydroxyl groups excluding tert-OH is 7. The number of hydrogen-bond acceptors (Lipinski definition) is 11. The van der Waals surface area contributed by atoms with Crippen molar-refractivity contribution in [2.45, 2.75) is 60.6 Å². The largest absolute Gasteiger partial charge is 0.394 e. The minimum atomic E-state index is -1.68. The van der Waals surface area contributed by atoms with E-state index < -0.39 is 73.8 Å². The molecule has 0 bridgehead atoms. The van der Waals surface area contributed by atoms with Crippen LogP contribution in [0.5, 0.6) is 0 Å². The third-order valence-corrected chi connectivity index (χ3v) is 4.41. The summed E-state index contributed by atoms with van der Waals surface area (Å²) >= 11 is 3.92. The van der Waals surface area contributed by atoms with Crippen molar-refractivity contribution in [3.63, 3.8) is 0 Å². The zero-order chi connectivity index (χ0) is 17.3. The van der Waals surface area contributed by atoms with Gasteiger partial charge in [0.15, 0.2) is 6.29 Å². The molecule has 0 spiro atoms. The van der Waals surface area contributed by atoms with E-state index in [0.717, 1.165) is 0 Å². The Bertz CT molecular complexity index is 383. The van der Waals surface area contributed by atoms with Crippen LogP contribution in [0.15, 0.2) is 0 Å². The SMILES string of the molecule is OC[C@@H]1O[C@@H](O[C@H]2[C@@H](O)[C@@H](O)[C@@H](S)O[C@H]2CO)[C@@H](O)[C@@H](O)[C@H]1O. The fourth-order valence-electron chi connectivity index (χ4n) is 2.57. The van der Waals surface area contributed by atoms with E-state index in [1.807, 2.05) is 0 Å². The van der Waals surface area contributed by atoms with Gasteiger partial charge in [-0.2, -0.15) is 0 Å². The minimum Gasteiger partial charge on any atom is -0.394 e. The van der Waals surface area contributed by atoms with Gasteiger partial charge in [-0.3, -0.25) is 0 Å². The first-order valence-corrected chi connectivity index (χ1v) is 7.60. The maximum atomic E-state index is 10.1. The van der Waals surface area contributed by atoms with Crippen LogP contribution in [0.1, 0.15) is 0 Å². The summed E-state index contributed by atoms with van der Waals surface area (Å²) in [4.78, 5) is 0. The van der Waals surface area contributed by atoms with Crippen LogP contribution in [-0.4, -0.2) is 110 Å². The molecule has 0 amide bonds. The van der Waals surface area contributed by atoms with E-state index in [1.165, 1.54) is 0 Å². The predicted octanol–water partition coefficient (Wildman–Crippen LogP) is -4.46. The predicted molar refractivity (Wildman–Crippen MR) is 75.4 cm³/mol. The van der Waals surface area contributed by atoms with Crippen molar-refractivity contribution in [1.82, 2.24) is 0 Å². The highest BCUT2D eigenvalue weighted by Crippen LogP contribution is 2.29.